The molecule has 0 radical (unpaired) electrons. The van der Waals surface area contributed by atoms with Gasteiger partial charge in [-0.3, -0.25) is 4.79 Å². The van der Waals surface area contributed by atoms with E-state index in [-0.39, 0.29) is 23.8 Å². The highest BCUT2D eigenvalue weighted by molar-refractivity contribution is 5.93. The molecule has 30 heavy (non-hydrogen) atoms. The summed E-state index contributed by atoms with van der Waals surface area (Å²) in [6.45, 7) is 8.57. The Bertz CT molecular complexity index is 944. The Morgan fingerprint density at radius 1 is 1.20 bits per heavy atom. The van der Waals surface area contributed by atoms with E-state index < -0.39 is 6.10 Å². The molecule has 0 spiro atoms. The van der Waals surface area contributed by atoms with Crippen LogP contribution in [-0.2, 0) is 4.79 Å². The standard InChI is InChI=1S/C25H32N2O3/c1-25(2,3)13-10-18-8-9-23(22-7-5-4-6-21(18)22)30-17-20(28)16-27-14-11-19(12-15-27)24(26)29/h4-9,19-20,28H,11-12,14-17H2,1-3H3,(H2,26,29). The number of piperidine rings is 1. The minimum atomic E-state index is -0.603. The number of likely N-dealkylation sites (tertiary alicyclic amines) is 1. The molecule has 1 atom stereocenters. The lowest BCUT2D eigenvalue weighted by Crippen LogP contribution is -2.43. The Kier molecular flexibility index (Phi) is 7.02. The van der Waals surface area contributed by atoms with Crippen LogP contribution in [0, 0.1) is 23.2 Å². The normalized spacial score (nSPS) is 16.7. The van der Waals surface area contributed by atoms with E-state index in [1.54, 1.807) is 0 Å². The molecule has 0 aromatic heterocycles. The van der Waals surface area contributed by atoms with Crippen molar-refractivity contribution in [3.05, 3.63) is 42.0 Å². The Morgan fingerprint density at radius 3 is 2.50 bits per heavy atom. The molecule has 5 heteroatoms. The number of nitrogens with two attached hydrogens (primary N) is 1. The number of fused-ring (bicyclic) bond motifs is 1. The summed E-state index contributed by atoms with van der Waals surface area (Å²) in [5, 5.41) is 12.5. The van der Waals surface area contributed by atoms with E-state index in [4.69, 9.17) is 10.5 Å². The van der Waals surface area contributed by atoms with Gasteiger partial charge < -0.3 is 20.5 Å². The molecule has 0 bridgehead atoms. The zero-order valence-electron chi connectivity index (χ0n) is 18.1. The molecule has 1 unspecified atom stereocenters. The van der Waals surface area contributed by atoms with Gasteiger partial charge in [0.2, 0.25) is 5.91 Å². The summed E-state index contributed by atoms with van der Waals surface area (Å²) < 4.78 is 5.98. The smallest absolute Gasteiger partial charge is 0.220 e. The molecule has 3 N–H and O–H groups in total. The van der Waals surface area contributed by atoms with Gasteiger partial charge in [0.15, 0.2) is 0 Å². The number of carbonyl (C=O) groups excluding carboxylic acids is 1. The van der Waals surface area contributed by atoms with Crippen LogP contribution in [0.1, 0.15) is 39.2 Å². The highest BCUT2D eigenvalue weighted by atomic mass is 16.5. The van der Waals surface area contributed by atoms with Gasteiger partial charge in [0.25, 0.3) is 0 Å². The third-order valence-corrected chi connectivity index (χ3v) is 5.35. The topological polar surface area (TPSA) is 75.8 Å². The molecule has 1 fully saturated rings. The molecule has 5 nitrogen and oxygen atoms in total. The highest BCUT2D eigenvalue weighted by Crippen LogP contribution is 2.29. The minimum Gasteiger partial charge on any atom is -0.490 e. The number of hydrogen-bond acceptors (Lipinski definition) is 4. The maximum absolute atomic E-state index is 11.3. The summed E-state index contributed by atoms with van der Waals surface area (Å²) in [5.74, 6) is 7.07. The van der Waals surface area contributed by atoms with Crippen molar-refractivity contribution in [1.82, 2.24) is 4.90 Å². The fourth-order valence-electron chi connectivity index (χ4n) is 3.70. The molecule has 1 saturated heterocycles. The minimum absolute atomic E-state index is 0.0408. The van der Waals surface area contributed by atoms with Gasteiger partial charge in [-0.1, -0.05) is 36.1 Å². The number of benzene rings is 2. The van der Waals surface area contributed by atoms with Gasteiger partial charge in [-0.25, -0.2) is 0 Å². The van der Waals surface area contributed by atoms with Crippen molar-refractivity contribution in [2.75, 3.05) is 26.2 Å². The Balaban J connectivity index is 1.64. The van der Waals surface area contributed by atoms with Crippen molar-refractivity contribution in [1.29, 1.82) is 0 Å². The zero-order valence-corrected chi connectivity index (χ0v) is 18.1. The monoisotopic (exact) mass is 408 g/mol. The third-order valence-electron chi connectivity index (χ3n) is 5.35. The molecule has 1 aliphatic rings. The summed E-state index contributed by atoms with van der Waals surface area (Å²) in [4.78, 5) is 13.5. The molecule has 2 aromatic rings. The average Bonchev–Trinajstić information content (AvgIpc) is 2.70. The van der Waals surface area contributed by atoms with Crippen LogP contribution in [0.3, 0.4) is 0 Å². The van der Waals surface area contributed by atoms with Gasteiger partial charge in [0.05, 0.1) is 0 Å². The average molecular weight is 409 g/mol. The van der Waals surface area contributed by atoms with Crippen LogP contribution in [-0.4, -0.2) is 48.3 Å². The summed E-state index contributed by atoms with van der Waals surface area (Å²) in [5.41, 5.74) is 6.30. The van der Waals surface area contributed by atoms with E-state index in [0.717, 1.165) is 48.0 Å². The lowest BCUT2D eigenvalue weighted by atomic mass is 9.96. The van der Waals surface area contributed by atoms with E-state index in [1.165, 1.54) is 0 Å². The SMILES string of the molecule is CC(C)(C)C#Cc1ccc(OCC(O)CN2CCC(C(N)=O)CC2)c2ccccc12. The van der Waals surface area contributed by atoms with Crippen molar-refractivity contribution in [2.45, 2.75) is 39.7 Å². The number of amides is 1. The second kappa shape index (κ2) is 9.51. The number of carbonyl (C=O) groups is 1. The Morgan fingerprint density at radius 2 is 1.87 bits per heavy atom. The van der Waals surface area contributed by atoms with Crippen LogP contribution in [0.2, 0.25) is 0 Å². The second-order valence-corrected chi connectivity index (χ2v) is 9.10. The predicted molar refractivity (Wildman–Crippen MR) is 120 cm³/mol. The first-order valence-corrected chi connectivity index (χ1v) is 10.6. The summed E-state index contributed by atoms with van der Waals surface area (Å²) in [6.07, 6.45) is 0.907. The Hall–Kier alpha value is -2.55. The molecule has 1 aliphatic heterocycles. The third kappa shape index (κ3) is 5.98. The lowest BCUT2D eigenvalue weighted by Gasteiger charge is -2.31. The molecular weight excluding hydrogens is 376 g/mol. The number of β-amino-alcohol motifs (C(OH)–C–C–N with tert-alkyl or cyclic N) is 1. The molecular formula is C25H32N2O3. The zero-order chi connectivity index (χ0) is 21.7. The van der Waals surface area contributed by atoms with Crippen LogP contribution in [0.4, 0.5) is 0 Å². The number of rotatable bonds is 6. The van der Waals surface area contributed by atoms with E-state index in [9.17, 15) is 9.90 Å². The predicted octanol–water partition coefficient (Wildman–Crippen LogP) is 3.17. The van der Waals surface area contributed by atoms with Crippen LogP contribution in [0.15, 0.2) is 36.4 Å². The van der Waals surface area contributed by atoms with Crippen LogP contribution >= 0.6 is 0 Å². The Labute approximate surface area is 179 Å². The first kappa shape index (κ1) is 22.1. The van der Waals surface area contributed by atoms with Crippen LogP contribution < -0.4 is 10.5 Å². The van der Waals surface area contributed by atoms with Crippen LogP contribution in [0.25, 0.3) is 10.8 Å². The quantitative estimate of drug-likeness (QED) is 0.720. The number of hydrogen-bond donors (Lipinski definition) is 2. The van der Waals surface area contributed by atoms with Crippen molar-refractivity contribution < 1.29 is 14.6 Å². The maximum Gasteiger partial charge on any atom is 0.220 e. The van der Waals surface area contributed by atoms with Crippen molar-refractivity contribution >= 4 is 16.7 Å². The molecule has 160 valence electrons. The lowest BCUT2D eigenvalue weighted by molar-refractivity contribution is -0.123. The first-order valence-electron chi connectivity index (χ1n) is 10.6. The van der Waals surface area contributed by atoms with E-state index in [0.29, 0.717) is 6.54 Å². The van der Waals surface area contributed by atoms with E-state index in [2.05, 4.69) is 37.5 Å². The number of nitrogens with zero attached hydrogens (tertiary/aromatic N) is 1. The summed E-state index contributed by atoms with van der Waals surface area (Å²) in [7, 11) is 0. The van der Waals surface area contributed by atoms with Gasteiger partial charge in [0, 0.05) is 34.2 Å². The second-order valence-electron chi connectivity index (χ2n) is 9.10. The molecule has 2 aromatic carbocycles. The largest absolute Gasteiger partial charge is 0.490 e. The van der Waals surface area contributed by atoms with Crippen molar-refractivity contribution in [3.8, 4) is 17.6 Å². The number of primary amides is 1. The van der Waals surface area contributed by atoms with Gasteiger partial charge in [-0.05, 0) is 58.8 Å². The summed E-state index contributed by atoms with van der Waals surface area (Å²) in [6, 6.07) is 12.0. The summed E-state index contributed by atoms with van der Waals surface area (Å²) >= 11 is 0. The number of ether oxygens (including phenoxy) is 1. The molecule has 3 rings (SSSR count). The van der Waals surface area contributed by atoms with Crippen molar-refractivity contribution in [2.24, 2.45) is 17.1 Å². The van der Waals surface area contributed by atoms with Gasteiger partial charge in [-0.15, -0.1) is 0 Å². The fraction of sp³-hybridized carbons (Fsp3) is 0.480. The molecule has 1 amide bonds. The van der Waals surface area contributed by atoms with Gasteiger partial charge in [-0.2, -0.15) is 0 Å². The van der Waals surface area contributed by atoms with Gasteiger partial charge in [0.1, 0.15) is 18.5 Å². The van der Waals surface area contributed by atoms with E-state index >= 15 is 0 Å². The molecule has 0 saturated carbocycles. The van der Waals surface area contributed by atoms with E-state index in [1.807, 2.05) is 36.4 Å². The number of aliphatic hydroxyl groups excluding tert-OH is 1. The van der Waals surface area contributed by atoms with Crippen molar-refractivity contribution in [3.63, 3.8) is 0 Å². The maximum atomic E-state index is 11.3. The van der Waals surface area contributed by atoms with Crippen LogP contribution in [0.5, 0.6) is 5.75 Å². The first-order chi connectivity index (χ1) is 14.2. The molecule has 1 heterocycles. The number of aliphatic hydroxyl groups is 1. The fourth-order valence-corrected chi connectivity index (χ4v) is 3.70. The van der Waals surface area contributed by atoms with Gasteiger partial charge >= 0.3 is 0 Å². The molecule has 0 aliphatic carbocycles. The highest BCUT2D eigenvalue weighted by Gasteiger charge is 2.24.